The first-order chi connectivity index (χ1) is 11.0. The van der Waals surface area contributed by atoms with Crippen LogP contribution in [0.1, 0.15) is 12.5 Å². The van der Waals surface area contributed by atoms with E-state index in [0.29, 0.717) is 16.5 Å². The van der Waals surface area contributed by atoms with Crippen molar-refractivity contribution in [3.63, 3.8) is 0 Å². The summed E-state index contributed by atoms with van der Waals surface area (Å²) in [5.41, 5.74) is 2.05. The second kappa shape index (κ2) is 7.85. The molecule has 0 aliphatic rings. The molecule has 0 saturated carbocycles. The molecule has 0 aliphatic carbocycles. The van der Waals surface area contributed by atoms with Crippen LogP contribution >= 0.6 is 11.6 Å². The van der Waals surface area contributed by atoms with Gasteiger partial charge in [0.15, 0.2) is 0 Å². The van der Waals surface area contributed by atoms with Gasteiger partial charge in [0, 0.05) is 10.7 Å². The first kappa shape index (κ1) is 17.1. The van der Waals surface area contributed by atoms with E-state index >= 15 is 0 Å². The van der Waals surface area contributed by atoms with Gasteiger partial charge in [-0.3, -0.25) is 4.79 Å². The van der Waals surface area contributed by atoms with Crippen molar-refractivity contribution in [2.24, 2.45) is 0 Å². The monoisotopic (exact) mass is 334 g/mol. The number of carbonyl (C=O) groups excluding carboxylic acids is 1. The number of methoxy groups -OCH3 is 1. The maximum atomic E-state index is 12.3. The van der Waals surface area contributed by atoms with Gasteiger partial charge in [0.05, 0.1) is 19.4 Å². The number of ether oxygens (including phenoxy) is 1. The predicted octanol–water partition coefficient (Wildman–Crippen LogP) is 3.28. The normalized spacial score (nSPS) is 11.7. The molecule has 0 saturated heterocycles. The maximum absolute atomic E-state index is 12.3. The lowest BCUT2D eigenvalue weighted by Crippen LogP contribution is -2.32. The zero-order valence-electron chi connectivity index (χ0n) is 13.0. The maximum Gasteiger partial charge on any atom is 0.246 e. The van der Waals surface area contributed by atoms with Crippen LogP contribution in [0.2, 0.25) is 5.02 Å². The lowest BCUT2D eigenvalue weighted by atomic mass is 10.2. The lowest BCUT2D eigenvalue weighted by Gasteiger charge is -2.17. The van der Waals surface area contributed by atoms with Crippen molar-refractivity contribution >= 4 is 28.9 Å². The van der Waals surface area contributed by atoms with Crippen LogP contribution in [0.5, 0.6) is 5.75 Å². The number of hydrogen-bond donors (Lipinski definition) is 3. The lowest BCUT2D eigenvalue weighted by molar-refractivity contribution is -0.116. The molecule has 5 nitrogen and oxygen atoms in total. The minimum Gasteiger partial charge on any atom is -0.495 e. The Labute approximate surface area is 140 Å². The fraction of sp³-hybridized carbons (Fsp3) is 0.235. The summed E-state index contributed by atoms with van der Waals surface area (Å²) in [6.07, 6.45) is 0. The van der Waals surface area contributed by atoms with Gasteiger partial charge in [-0.15, -0.1) is 0 Å². The Bertz CT molecular complexity index is 691. The van der Waals surface area contributed by atoms with Crippen molar-refractivity contribution < 1.29 is 14.6 Å². The number of nitrogens with one attached hydrogen (secondary N) is 2. The standard InChI is InChI=1S/C17H19ClN2O3/c1-11(19-14-5-3-4-12(8-14)10-21)17(22)20-15-9-13(18)6-7-16(15)23-2/h3-9,11,19,21H,10H2,1-2H3,(H,20,22)/t11-/m1/s1. The average Bonchev–Trinajstić information content (AvgIpc) is 2.55. The van der Waals surface area contributed by atoms with Gasteiger partial charge in [-0.2, -0.15) is 0 Å². The molecule has 0 heterocycles. The number of halogens is 1. The molecule has 3 N–H and O–H groups in total. The second-order valence-corrected chi connectivity index (χ2v) is 5.49. The van der Waals surface area contributed by atoms with E-state index in [4.69, 9.17) is 21.4 Å². The van der Waals surface area contributed by atoms with Gasteiger partial charge in [0.25, 0.3) is 0 Å². The van der Waals surface area contributed by atoms with Crippen LogP contribution in [0.4, 0.5) is 11.4 Å². The fourth-order valence-electron chi connectivity index (χ4n) is 2.09. The van der Waals surface area contributed by atoms with Crippen molar-refractivity contribution in [2.75, 3.05) is 17.7 Å². The van der Waals surface area contributed by atoms with Crippen molar-refractivity contribution in [3.05, 3.63) is 53.1 Å². The van der Waals surface area contributed by atoms with Gasteiger partial charge in [-0.25, -0.2) is 0 Å². The van der Waals surface area contributed by atoms with Gasteiger partial charge in [-0.1, -0.05) is 23.7 Å². The number of carbonyl (C=O) groups is 1. The average molecular weight is 335 g/mol. The van der Waals surface area contributed by atoms with Gasteiger partial charge in [-0.05, 0) is 42.8 Å². The van der Waals surface area contributed by atoms with Crippen LogP contribution < -0.4 is 15.4 Å². The number of rotatable bonds is 6. The van der Waals surface area contributed by atoms with Crippen molar-refractivity contribution in [3.8, 4) is 5.75 Å². The van der Waals surface area contributed by atoms with Crippen LogP contribution in [-0.4, -0.2) is 24.2 Å². The zero-order chi connectivity index (χ0) is 16.8. The van der Waals surface area contributed by atoms with Gasteiger partial charge < -0.3 is 20.5 Å². The summed E-state index contributed by atoms with van der Waals surface area (Å²) in [4.78, 5) is 12.3. The largest absolute Gasteiger partial charge is 0.495 e. The smallest absolute Gasteiger partial charge is 0.246 e. The van der Waals surface area contributed by atoms with E-state index in [2.05, 4.69) is 10.6 Å². The number of amides is 1. The highest BCUT2D eigenvalue weighted by Gasteiger charge is 2.15. The summed E-state index contributed by atoms with van der Waals surface area (Å²) in [7, 11) is 1.53. The molecule has 122 valence electrons. The summed E-state index contributed by atoms with van der Waals surface area (Å²) in [6.45, 7) is 1.70. The van der Waals surface area contributed by atoms with E-state index in [-0.39, 0.29) is 12.5 Å². The number of anilines is 2. The molecule has 1 amide bonds. The molecule has 1 atom stereocenters. The first-order valence-corrected chi connectivity index (χ1v) is 7.52. The highest BCUT2D eigenvalue weighted by molar-refractivity contribution is 6.31. The van der Waals surface area contributed by atoms with E-state index < -0.39 is 6.04 Å². The highest BCUT2D eigenvalue weighted by Crippen LogP contribution is 2.27. The first-order valence-electron chi connectivity index (χ1n) is 7.14. The van der Waals surface area contributed by atoms with Crippen molar-refractivity contribution in [1.29, 1.82) is 0 Å². The Balaban J connectivity index is 2.06. The summed E-state index contributed by atoms with van der Waals surface area (Å²) in [5.74, 6) is 0.317. The molecule has 0 aliphatic heterocycles. The molecule has 0 fully saturated rings. The third-order valence-corrected chi connectivity index (χ3v) is 3.54. The summed E-state index contributed by atoms with van der Waals surface area (Å²) < 4.78 is 5.21. The van der Waals surface area contributed by atoms with Crippen LogP contribution in [0.15, 0.2) is 42.5 Å². The quantitative estimate of drug-likeness (QED) is 0.758. The molecule has 0 aromatic heterocycles. The van der Waals surface area contributed by atoms with E-state index in [1.807, 2.05) is 18.2 Å². The third kappa shape index (κ3) is 4.61. The van der Waals surface area contributed by atoms with E-state index in [1.54, 1.807) is 31.2 Å². The molecular formula is C17H19ClN2O3. The van der Waals surface area contributed by atoms with Crippen molar-refractivity contribution in [2.45, 2.75) is 19.6 Å². The fourth-order valence-corrected chi connectivity index (χ4v) is 2.27. The minimum atomic E-state index is -0.479. The Kier molecular flexibility index (Phi) is 5.84. The van der Waals surface area contributed by atoms with Crippen LogP contribution in [0.3, 0.4) is 0 Å². The van der Waals surface area contributed by atoms with Gasteiger partial charge in [0.1, 0.15) is 11.8 Å². The van der Waals surface area contributed by atoms with Crippen LogP contribution in [0.25, 0.3) is 0 Å². The number of benzene rings is 2. The summed E-state index contributed by atoms with van der Waals surface area (Å²) in [5, 5.41) is 15.5. The SMILES string of the molecule is COc1ccc(Cl)cc1NC(=O)[C@@H](C)Nc1cccc(CO)c1. The number of aliphatic hydroxyl groups is 1. The predicted molar refractivity (Wildman–Crippen MR) is 92.1 cm³/mol. The topological polar surface area (TPSA) is 70.6 Å². The van der Waals surface area contributed by atoms with E-state index in [9.17, 15) is 4.79 Å². The van der Waals surface area contributed by atoms with Gasteiger partial charge >= 0.3 is 0 Å². The molecule has 2 aromatic carbocycles. The van der Waals surface area contributed by atoms with Crippen LogP contribution in [-0.2, 0) is 11.4 Å². The molecule has 2 rings (SSSR count). The number of hydrogen-bond acceptors (Lipinski definition) is 4. The zero-order valence-corrected chi connectivity index (χ0v) is 13.7. The summed E-state index contributed by atoms with van der Waals surface area (Å²) >= 11 is 5.95. The summed E-state index contributed by atoms with van der Waals surface area (Å²) in [6, 6.07) is 11.8. The Hall–Kier alpha value is -2.24. The van der Waals surface area contributed by atoms with Crippen LogP contribution in [0, 0.1) is 0 Å². The number of aliphatic hydroxyl groups excluding tert-OH is 1. The molecule has 0 unspecified atom stereocenters. The Morgan fingerprint density at radius 2 is 2.09 bits per heavy atom. The molecule has 0 spiro atoms. The minimum absolute atomic E-state index is 0.0458. The third-order valence-electron chi connectivity index (χ3n) is 3.31. The molecule has 2 aromatic rings. The highest BCUT2D eigenvalue weighted by atomic mass is 35.5. The van der Waals surface area contributed by atoms with Gasteiger partial charge in [0.2, 0.25) is 5.91 Å². The van der Waals surface area contributed by atoms with E-state index in [1.165, 1.54) is 7.11 Å². The Morgan fingerprint density at radius 1 is 1.30 bits per heavy atom. The molecule has 0 radical (unpaired) electrons. The molecule has 23 heavy (non-hydrogen) atoms. The molecule has 6 heteroatoms. The Morgan fingerprint density at radius 3 is 2.78 bits per heavy atom. The van der Waals surface area contributed by atoms with Crippen molar-refractivity contribution in [1.82, 2.24) is 0 Å². The second-order valence-electron chi connectivity index (χ2n) is 5.06. The van der Waals surface area contributed by atoms with E-state index in [0.717, 1.165) is 11.3 Å². The molecular weight excluding hydrogens is 316 g/mol. The molecule has 0 bridgehead atoms.